The average molecular weight is 266 g/mol. The monoisotopic (exact) mass is 265 g/mol. The van der Waals surface area contributed by atoms with Crippen LogP contribution < -0.4 is 0 Å². The summed E-state index contributed by atoms with van der Waals surface area (Å²) >= 11 is 3.30. The van der Waals surface area contributed by atoms with Crippen molar-refractivity contribution in [3.63, 3.8) is 0 Å². The molecule has 0 rings (SSSR count). The van der Waals surface area contributed by atoms with E-state index in [2.05, 4.69) is 48.5 Å². The van der Waals surface area contributed by atoms with Crippen molar-refractivity contribution in [1.29, 1.82) is 0 Å². The number of aliphatic hydroxyl groups is 1. The van der Waals surface area contributed by atoms with Crippen LogP contribution in [0.15, 0.2) is 0 Å². The number of hydrogen-bond donors (Lipinski definition) is 1. The third kappa shape index (κ3) is 7.77. The predicted molar refractivity (Wildman–Crippen MR) is 65.9 cm³/mol. The van der Waals surface area contributed by atoms with Crippen LogP contribution in [0.25, 0.3) is 0 Å². The van der Waals surface area contributed by atoms with Crippen LogP contribution in [-0.4, -0.2) is 41.1 Å². The van der Waals surface area contributed by atoms with E-state index in [0.717, 1.165) is 19.6 Å². The van der Waals surface area contributed by atoms with Gasteiger partial charge in [0.05, 0.1) is 6.10 Å². The molecule has 0 heterocycles. The first kappa shape index (κ1) is 14.4. The number of hydrogen-bond acceptors (Lipinski definition) is 2. The van der Waals surface area contributed by atoms with E-state index >= 15 is 0 Å². The van der Waals surface area contributed by atoms with Gasteiger partial charge in [0.25, 0.3) is 0 Å². The Morgan fingerprint density at radius 1 is 1.00 bits per heavy atom. The lowest BCUT2D eigenvalue weighted by atomic mass is 10.1. The Hall–Kier alpha value is 0.400. The molecule has 86 valence electrons. The lowest BCUT2D eigenvalue weighted by Crippen LogP contribution is -2.38. The van der Waals surface area contributed by atoms with Crippen LogP contribution in [0, 0.1) is 11.8 Å². The normalized spacial score (nSPS) is 14.4. The maximum absolute atomic E-state index is 9.57. The fourth-order valence-electron chi connectivity index (χ4n) is 1.60. The molecule has 0 aliphatic carbocycles. The van der Waals surface area contributed by atoms with Crippen LogP contribution in [0.2, 0.25) is 0 Å². The van der Waals surface area contributed by atoms with Crippen LogP contribution in [-0.2, 0) is 0 Å². The summed E-state index contributed by atoms with van der Waals surface area (Å²) in [5.74, 6) is 1.33. The second kappa shape index (κ2) is 7.66. The summed E-state index contributed by atoms with van der Waals surface area (Å²) in [6.07, 6.45) is -0.243. The molecule has 3 heteroatoms. The van der Waals surface area contributed by atoms with E-state index in [1.807, 2.05) is 0 Å². The Bertz CT molecular complexity index is 129. The maximum atomic E-state index is 9.57. The Balaban J connectivity index is 3.96. The molecule has 0 aliphatic heterocycles. The van der Waals surface area contributed by atoms with Gasteiger partial charge >= 0.3 is 0 Å². The number of halogens is 1. The van der Waals surface area contributed by atoms with Crippen molar-refractivity contribution in [2.75, 3.05) is 25.0 Å². The minimum Gasteiger partial charge on any atom is -0.391 e. The lowest BCUT2D eigenvalue weighted by Gasteiger charge is -2.27. The highest BCUT2D eigenvalue weighted by atomic mass is 79.9. The van der Waals surface area contributed by atoms with Crippen LogP contribution >= 0.6 is 15.9 Å². The molecular formula is C11H24BrNO. The Labute approximate surface area is 96.8 Å². The molecule has 1 unspecified atom stereocenters. The second-order valence-corrected chi connectivity index (χ2v) is 5.46. The van der Waals surface area contributed by atoms with Crippen molar-refractivity contribution in [2.24, 2.45) is 11.8 Å². The number of aliphatic hydroxyl groups excluding tert-OH is 1. The minimum absolute atomic E-state index is 0.243. The quantitative estimate of drug-likeness (QED) is 0.715. The summed E-state index contributed by atoms with van der Waals surface area (Å²) in [6, 6.07) is 0. The highest BCUT2D eigenvalue weighted by Crippen LogP contribution is 2.05. The van der Waals surface area contributed by atoms with E-state index < -0.39 is 0 Å². The van der Waals surface area contributed by atoms with Crippen molar-refractivity contribution in [2.45, 2.75) is 33.8 Å². The van der Waals surface area contributed by atoms with Crippen molar-refractivity contribution in [3.05, 3.63) is 0 Å². The topological polar surface area (TPSA) is 23.5 Å². The van der Waals surface area contributed by atoms with E-state index in [4.69, 9.17) is 0 Å². The number of nitrogens with zero attached hydrogens (tertiary/aromatic N) is 1. The van der Waals surface area contributed by atoms with Crippen LogP contribution in [0.1, 0.15) is 27.7 Å². The van der Waals surface area contributed by atoms with E-state index in [9.17, 15) is 5.11 Å². The summed E-state index contributed by atoms with van der Waals surface area (Å²) in [6.45, 7) is 11.8. The number of rotatable bonds is 7. The summed E-state index contributed by atoms with van der Waals surface area (Å²) in [5, 5.41) is 10.2. The molecule has 1 N–H and O–H groups in total. The maximum Gasteiger partial charge on any atom is 0.0763 e. The van der Waals surface area contributed by atoms with Gasteiger partial charge < -0.3 is 10.0 Å². The molecular weight excluding hydrogens is 242 g/mol. The van der Waals surface area contributed by atoms with Crippen molar-refractivity contribution < 1.29 is 5.11 Å². The molecule has 0 radical (unpaired) electrons. The third-order valence-electron chi connectivity index (χ3n) is 1.89. The first-order chi connectivity index (χ1) is 6.45. The summed E-state index contributed by atoms with van der Waals surface area (Å²) in [7, 11) is 0. The molecule has 14 heavy (non-hydrogen) atoms. The zero-order valence-corrected chi connectivity index (χ0v) is 11.4. The SMILES string of the molecule is CC(C)CN(CC(C)C)CC(O)CBr. The molecule has 0 fully saturated rings. The fourth-order valence-corrected chi connectivity index (χ4v) is 1.81. The second-order valence-electron chi connectivity index (χ2n) is 4.81. The molecule has 0 aliphatic rings. The predicted octanol–water partition coefficient (Wildman–Crippen LogP) is 2.36. The molecule has 0 spiro atoms. The van der Waals surface area contributed by atoms with Crippen LogP contribution in [0.5, 0.6) is 0 Å². The van der Waals surface area contributed by atoms with E-state index in [1.54, 1.807) is 0 Å². The fraction of sp³-hybridized carbons (Fsp3) is 1.00. The standard InChI is InChI=1S/C11H24BrNO/c1-9(2)6-13(7-10(3)4)8-11(14)5-12/h9-11,14H,5-8H2,1-4H3. The van der Waals surface area contributed by atoms with Gasteiger partial charge in [0.1, 0.15) is 0 Å². The molecule has 0 aromatic heterocycles. The minimum atomic E-state index is -0.243. The Morgan fingerprint density at radius 2 is 1.43 bits per heavy atom. The molecule has 0 amide bonds. The molecule has 0 saturated carbocycles. The van der Waals surface area contributed by atoms with Crippen LogP contribution in [0.3, 0.4) is 0 Å². The van der Waals surface area contributed by atoms with Gasteiger partial charge in [-0.15, -0.1) is 0 Å². The van der Waals surface area contributed by atoms with Gasteiger partial charge in [-0.2, -0.15) is 0 Å². The summed E-state index contributed by atoms with van der Waals surface area (Å²) in [4.78, 5) is 2.35. The molecule has 1 atom stereocenters. The Kier molecular flexibility index (Phi) is 7.88. The smallest absolute Gasteiger partial charge is 0.0763 e. The third-order valence-corrected chi connectivity index (χ3v) is 2.64. The highest BCUT2D eigenvalue weighted by Gasteiger charge is 2.13. The van der Waals surface area contributed by atoms with Gasteiger partial charge in [-0.05, 0) is 11.8 Å². The zero-order chi connectivity index (χ0) is 11.1. The molecule has 0 aromatic rings. The van der Waals surface area contributed by atoms with Gasteiger partial charge in [0, 0.05) is 25.0 Å². The van der Waals surface area contributed by atoms with E-state index in [0.29, 0.717) is 17.2 Å². The average Bonchev–Trinajstić information content (AvgIpc) is 2.01. The van der Waals surface area contributed by atoms with Crippen molar-refractivity contribution >= 4 is 15.9 Å². The van der Waals surface area contributed by atoms with E-state index in [-0.39, 0.29) is 6.10 Å². The van der Waals surface area contributed by atoms with Gasteiger partial charge in [-0.3, -0.25) is 0 Å². The first-order valence-corrected chi connectivity index (χ1v) is 6.54. The molecule has 0 aromatic carbocycles. The first-order valence-electron chi connectivity index (χ1n) is 5.42. The molecule has 0 bridgehead atoms. The van der Waals surface area contributed by atoms with Crippen LogP contribution in [0.4, 0.5) is 0 Å². The number of alkyl halides is 1. The zero-order valence-electron chi connectivity index (χ0n) is 9.83. The van der Waals surface area contributed by atoms with E-state index in [1.165, 1.54) is 0 Å². The highest BCUT2D eigenvalue weighted by molar-refractivity contribution is 9.09. The van der Waals surface area contributed by atoms with Crippen molar-refractivity contribution in [1.82, 2.24) is 4.90 Å². The molecule has 0 saturated heterocycles. The Morgan fingerprint density at radius 3 is 1.71 bits per heavy atom. The van der Waals surface area contributed by atoms with Crippen molar-refractivity contribution in [3.8, 4) is 0 Å². The largest absolute Gasteiger partial charge is 0.391 e. The lowest BCUT2D eigenvalue weighted by molar-refractivity contribution is 0.114. The summed E-state index contributed by atoms with van der Waals surface area (Å²) in [5.41, 5.74) is 0. The summed E-state index contributed by atoms with van der Waals surface area (Å²) < 4.78 is 0. The van der Waals surface area contributed by atoms with Gasteiger partial charge in [-0.1, -0.05) is 43.6 Å². The molecule has 2 nitrogen and oxygen atoms in total. The van der Waals surface area contributed by atoms with Gasteiger partial charge in [0.15, 0.2) is 0 Å². The van der Waals surface area contributed by atoms with Gasteiger partial charge in [-0.25, -0.2) is 0 Å². The van der Waals surface area contributed by atoms with Gasteiger partial charge in [0.2, 0.25) is 0 Å².